The molecule has 0 aliphatic rings. The number of rotatable bonds is 6. The van der Waals surface area contributed by atoms with E-state index in [-0.39, 0.29) is 6.61 Å². The number of aromatic nitrogens is 4. The van der Waals surface area contributed by atoms with E-state index in [1.807, 2.05) is 13.8 Å². The standard InChI is InChI=1S/C16H16ClN5O3/c1-16(2,22-8-11(17)7-19-22)15-20-14(21-25-15)10-3-5-12(6-4-10)24-9-13(18)23/h3-8H,9H2,1-2H3,(H2,18,23). The van der Waals surface area contributed by atoms with Crippen molar-refractivity contribution < 1.29 is 14.1 Å². The van der Waals surface area contributed by atoms with Gasteiger partial charge in [-0.1, -0.05) is 16.8 Å². The molecule has 1 aromatic carbocycles. The molecular formula is C16H16ClN5O3. The van der Waals surface area contributed by atoms with Gasteiger partial charge in [-0.05, 0) is 38.1 Å². The van der Waals surface area contributed by atoms with Crippen molar-refractivity contribution in [1.29, 1.82) is 0 Å². The molecule has 130 valence electrons. The molecule has 2 aromatic heterocycles. The summed E-state index contributed by atoms with van der Waals surface area (Å²) in [7, 11) is 0. The van der Waals surface area contributed by atoms with Gasteiger partial charge in [0.1, 0.15) is 11.3 Å². The number of carbonyl (C=O) groups is 1. The fraction of sp³-hybridized carbons (Fsp3) is 0.250. The van der Waals surface area contributed by atoms with E-state index in [1.165, 1.54) is 0 Å². The maximum absolute atomic E-state index is 10.7. The Labute approximate surface area is 148 Å². The number of amides is 1. The van der Waals surface area contributed by atoms with Crippen LogP contribution in [0, 0.1) is 0 Å². The molecule has 0 fully saturated rings. The maximum Gasteiger partial charge on any atom is 0.255 e. The van der Waals surface area contributed by atoms with E-state index in [9.17, 15) is 4.79 Å². The molecule has 9 heteroatoms. The van der Waals surface area contributed by atoms with Crippen molar-refractivity contribution in [2.45, 2.75) is 19.4 Å². The molecule has 0 radical (unpaired) electrons. The Morgan fingerprint density at radius 1 is 1.36 bits per heavy atom. The molecule has 2 N–H and O–H groups in total. The van der Waals surface area contributed by atoms with Gasteiger partial charge in [0.2, 0.25) is 5.82 Å². The number of nitrogens with zero attached hydrogens (tertiary/aromatic N) is 4. The fourth-order valence-corrected chi connectivity index (χ4v) is 2.28. The molecule has 3 rings (SSSR count). The smallest absolute Gasteiger partial charge is 0.255 e. The molecule has 25 heavy (non-hydrogen) atoms. The van der Waals surface area contributed by atoms with Crippen LogP contribution >= 0.6 is 11.6 Å². The zero-order valence-electron chi connectivity index (χ0n) is 13.6. The van der Waals surface area contributed by atoms with E-state index in [2.05, 4.69) is 15.2 Å². The summed E-state index contributed by atoms with van der Waals surface area (Å²) in [6, 6.07) is 6.94. The molecule has 3 aromatic rings. The molecule has 0 bridgehead atoms. The topological polar surface area (TPSA) is 109 Å². The number of ether oxygens (including phenoxy) is 1. The number of primary amides is 1. The van der Waals surface area contributed by atoms with Gasteiger partial charge < -0.3 is 15.0 Å². The van der Waals surface area contributed by atoms with Crippen molar-refractivity contribution >= 4 is 17.5 Å². The molecule has 0 unspecified atom stereocenters. The zero-order chi connectivity index (χ0) is 18.0. The molecule has 1 amide bonds. The summed E-state index contributed by atoms with van der Waals surface area (Å²) in [6.45, 7) is 3.62. The van der Waals surface area contributed by atoms with Crippen LogP contribution in [0.4, 0.5) is 0 Å². The van der Waals surface area contributed by atoms with E-state index in [0.717, 1.165) is 5.56 Å². The fourth-order valence-electron chi connectivity index (χ4n) is 2.15. The Hall–Kier alpha value is -2.87. The van der Waals surface area contributed by atoms with Gasteiger partial charge in [0, 0.05) is 11.8 Å². The molecule has 0 saturated carbocycles. The molecule has 0 spiro atoms. The number of hydrogen-bond donors (Lipinski definition) is 1. The van der Waals surface area contributed by atoms with Crippen molar-refractivity contribution in [2.75, 3.05) is 6.61 Å². The Morgan fingerprint density at radius 3 is 2.68 bits per heavy atom. The quantitative estimate of drug-likeness (QED) is 0.721. The first-order chi connectivity index (χ1) is 11.9. The summed E-state index contributed by atoms with van der Waals surface area (Å²) in [5.74, 6) is 0.824. The summed E-state index contributed by atoms with van der Waals surface area (Å²) in [4.78, 5) is 15.2. The lowest BCUT2D eigenvalue weighted by Crippen LogP contribution is -2.28. The van der Waals surface area contributed by atoms with Gasteiger partial charge in [0.05, 0.1) is 11.2 Å². The highest BCUT2D eigenvalue weighted by Crippen LogP contribution is 2.27. The first-order valence-electron chi connectivity index (χ1n) is 7.42. The third kappa shape index (κ3) is 3.63. The van der Waals surface area contributed by atoms with Crippen LogP contribution in [0.1, 0.15) is 19.7 Å². The third-order valence-corrected chi connectivity index (χ3v) is 3.76. The third-order valence-electron chi connectivity index (χ3n) is 3.57. The number of halogens is 1. The van der Waals surface area contributed by atoms with E-state index >= 15 is 0 Å². The predicted molar refractivity (Wildman–Crippen MR) is 90.1 cm³/mol. The SMILES string of the molecule is CC(C)(c1nc(-c2ccc(OCC(N)=O)cc2)no1)n1cc(Cl)cn1. The molecule has 0 aliphatic heterocycles. The zero-order valence-corrected chi connectivity index (χ0v) is 14.4. The number of nitrogens with two attached hydrogens (primary N) is 1. The lowest BCUT2D eigenvalue weighted by Gasteiger charge is -2.20. The molecule has 0 aliphatic carbocycles. The van der Waals surface area contributed by atoms with Crippen molar-refractivity contribution in [1.82, 2.24) is 19.9 Å². The second kappa shape index (κ2) is 6.56. The van der Waals surface area contributed by atoms with Crippen LogP contribution in [0.5, 0.6) is 5.75 Å². The Bertz CT molecular complexity index is 885. The average Bonchev–Trinajstić information content (AvgIpc) is 3.23. The van der Waals surface area contributed by atoms with Crippen molar-refractivity contribution in [3.05, 3.63) is 47.6 Å². The number of carbonyl (C=O) groups excluding carboxylic acids is 1. The number of hydrogen-bond acceptors (Lipinski definition) is 6. The Balaban J connectivity index is 1.80. The van der Waals surface area contributed by atoms with E-state index in [4.69, 9.17) is 26.6 Å². The monoisotopic (exact) mass is 361 g/mol. The van der Waals surface area contributed by atoms with E-state index in [0.29, 0.717) is 22.5 Å². The minimum absolute atomic E-state index is 0.174. The Kier molecular flexibility index (Phi) is 4.45. The van der Waals surface area contributed by atoms with Crippen molar-refractivity contribution in [2.24, 2.45) is 5.73 Å². The van der Waals surface area contributed by atoms with Gasteiger partial charge in [-0.3, -0.25) is 9.48 Å². The highest BCUT2D eigenvalue weighted by molar-refractivity contribution is 6.30. The highest BCUT2D eigenvalue weighted by Gasteiger charge is 2.31. The average molecular weight is 362 g/mol. The van der Waals surface area contributed by atoms with Crippen LogP contribution in [0.15, 0.2) is 41.2 Å². The van der Waals surface area contributed by atoms with Crippen LogP contribution in [0.2, 0.25) is 5.02 Å². The van der Waals surface area contributed by atoms with Gasteiger partial charge in [0.15, 0.2) is 6.61 Å². The van der Waals surface area contributed by atoms with Crippen LogP contribution < -0.4 is 10.5 Å². The van der Waals surface area contributed by atoms with E-state index in [1.54, 1.807) is 41.3 Å². The summed E-state index contributed by atoms with van der Waals surface area (Å²) >= 11 is 5.92. The second-order valence-electron chi connectivity index (χ2n) is 5.86. The van der Waals surface area contributed by atoms with Crippen molar-refractivity contribution in [3.8, 4) is 17.1 Å². The second-order valence-corrected chi connectivity index (χ2v) is 6.30. The molecule has 0 saturated heterocycles. The minimum Gasteiger partial charge on any atom is -0.484 e. The number of benzene rings is 1. The molecule has 2 heterocycles. The van der Waals surface area contributed by atoms with Gasteiger partial charge in [0.25, 0.3) is 11.8 Å². The lowest BCUT2D eigenvalue weighted by molar-refractivity contribution is -0.119. The summed E-state index contributed by atoms with van der Waals surface area (Å²) in [5.41, 5.74) is 5.14. The minimum atomic E-state index is -0.650. The Morgan fingerprint density at radius 2 is 2.08 bits per heavy atom. The van der Waals surface area contributed by atoms with Crippen LogP contribution in [0.25, 0.3) is 11.4 Å². The summed E-state index contributed by atoms with van der Waals surface area (Å²) in [5, 5.41) is 8.74. The normalized spacial score (nSPS) is 11.5. The molecular weight excluding hydrogens is 346 g/mol. The largest absolute Gasteiger partial charge is 0.484 e. The first-order valence-corrected chi connectivity index (χ1v) is 7.80. The lowest BCUT2D eigenvalue weighted by atomic mass is 10.1. The summed E-state index contributed by atoms with van der Waals surface area (Å²) < 4.78 is 12.3. The predicted octanol–water partition coefficient (Wildman–Crippen LogP) is 2.23. The molecule has 8 nitrogen and oxygen atoms in total. The van der Waals surface area contributed by atoms with Gasteiger partial charge in [-0.2, -0.15) is 10.1 Å². The van der Waals surface area contributed by atoms with Gasteiger partial charge in [-0.15, -0.1) is 0 Å². The van der Waals surface area contributed by atoms with Gasteiger partial charge in [-0.25, -0.2) is 0 Å². The van der Waals surface area contributed by atoms with Crippen LogP contribution in [-0.4, -0.2) is 32.4 Å². The molecule has 0 atom stereocenters. The highest BCUT2D eigenvalue weighted by atomic mass is 35.5. The van der Waals surface area contributed by atoms with Crippen LogP contribution in [0.3, 0.4) is 0 Å². The van der Waals surface area contributed by atoms with Crippen molar-refractivity contribution in [3.63, 3.8) is 0 Å². The van der Waals surface area contributed by atoms with E-state index < -0.39 is 11.4 Å². The first kappa shape index (κ1) is 17.0. The maximum atomic E-state index is 10.7. The van der Waals surface area contributed by atoms with Crippen LogP contribution in [-0.2, 0) is 10.3 Å². The van der Waals surface area contributed by atoms with Gasteiger partial charge >= 0.3 is 0 Å². The summed E-state index contributed by atoms with van der Waals surface area (Å²) in [6.07, 6.45) is 3.24.